The average molecular weight is 317 g/mol. The first-order chi connectivity index (χ1) is 11.0. The van der Waals surface area contributed by atoms with Gasteiger partial charge < -0.3 is 15.1 Å². The Bertz CT molecular complexity index is 532. The molecule has 1 aromatic rings. The van der Waals surface area contributed by atoms with Crippen LogP contribution in [0.1, 0.15) is 32.8 Å². The van der Waals surface area contributed by atoms with E-state index in [1.165, 1.54) is 0 Å². The number of nitrogens with zero attached hydrogens (tertiary/aromatic N) is 2. The lowest BCUT2D eigenvalue weighted by Gasteiger charge is -2.39. The number of carbonyl (C=O) groups excluding carboxylic acids is 2. The molecule has 0 bridgehead atoms. The minimum absolute atomic E-state index is 0.00313. The van der Waals surface area contributed by atoms with E-state index in [0.717, 1.165) is 18.7 Å². The van der Waals surface area contributed by atoms with E-state index < -0.39 is 0 Å². The van der Waals surface area contributed by atoms with Crippen LogP contribution in [-0.2, 0) is 16.1 Å². The molecule has 0 aromatic heterocycles. The first kappa shape index (κ1) is 17.5. The lowest BCUT2D eigenvalue weighted by atomic mass is 10.1. The molecule has 1 saturated heterocycles. The van der Waals surface area contributed by atoms with E-state index >= 15 is 0 Å². The molecule has 1 aliphatic rings. The first-order valence-corrected chi connectivity index (χ1v) is 8.31. The highest BCUT2D eigenvalue weighted by Crippen LogP contribution is 2.12. The second-order valence-electron chi connectivity index (χ2n) is 6.25. The second-order valence-corrected chi connectivity index (χ2v) is 6.25. The summed E-state index contributed by atoms with van der Waals surface area (Å²) in [6.07, 6.45) is 0.378. The molecule has 23 heavy (non-hydrogen) atoms. The standard InChI is InChI=1S/C18H27N3O2/c1-14-15(2)21(12-10-19-14)18(23)9-11-20(16(3)22)13-17-7-5-4-6-8-17/h4-8,14-15,19H,9-13H2,1-3H3. The molecule has 5 nitrogen and oxygen atoms in total. The Morgan fingerprint density at radius 1 is 1.26 bits per heavy atom. The van der Waals surface area contributed by atoms with Crippen molar-refractivity contribution in [3.05, 3.63) is 35.9 Å². The summed E-state index contributed by atoms with van der Waals surface area (Å²) >= 11 is 0. The smallest absolute Gasteiger partial charge is 0.224 e. The molecule has 0 aliphatic carbocycles. The molecule has 0 spiro atoms. The molecule has 2 unspecified atom stereocenters. The van der Waals surface area contributed by atoms with Crippen molar-refractivity contribution < 1.29 is 9.59 Å². The van der Waals surface area contributed by atoms with Gasteiger partial charge in [0.05, 0.1) is 0 Å². The minimum atomic E-state index is 0.00313. The van der Waals surface area contributed by atoms with Gasteiger partial charge in [-0.3, -0.25) is 9.59 Å². The van der Waals surface area contributed by atoms with Crippen molar-refractivity contribution >= 4 is 11.8 Å². The Labute approximate surface area is 138 Å². The molecule has 1 N–H and O–H groups in total. The SMILES string of the molecule is CC(=O)N(CCC(=O)N1CCNC(C)C1C)Cc1ccccc1. The third kappa shape index (κ3) is 4.79. The number of rotatable bonds is 5. The Morgan fingerprint density at radius 3 is 2.61 bits per heavy atom. The van der Waals surface area contributed by atoms with Gasteiger partial charge in [0.1, 0.15) is 0 Å². The van der Waals surface area contributed by atoms with Crippen LogP contribution in [0.4, 0.5) is 0 Å². The van der Waals surface area contributed by atoms with Crippen LogP contribution in [-0.4, -0.2) is 53.3 Å². The van der Waals surface area contributed by atoms with E-state index in [0.29, 0.717) is 25.6 Å². The van der Waals surface area contributed by atoms with E-state index in [-0.39, 0.29) is 17.9 Å². The van der Waals surface area contributed by atoms with Crippen LogP contribution in [0, 0.1) is 0 Å². The second kappa shape index (κ2) is 8.11. The minimum Gasteiger partial charge on any atom is -0.338 e. The summed E-state index contributed by atoms with van der Waals surface area (Å²) < 4.78 is 0. The van der Waals surface area contributed by atoms with Crippen molar-refractivity contribution in [2.24, 2.45) is 0 Å². The summed E-state index contributed by atoms with van der Waals surface area (Å²) in [6.45, 7) is 8.32. The molecule has 2 amide bonds. The van der Waals surface area contributed by atoms with Crippen molar-refractivity contribution in [1.82, 2.24) is 15.1 Å². The zero-order valence-electron chi connectivity index (χ0n) is 14.3. The third-order valence-corrected chi connectivity index (χ3v) is 4.61. The number of amides is 2. The maximum atomic E-state index is 12.5. The first-order valence-electron chi connectivity index (χ1n) is 8.31. The van der Waals surface area contributed by atoms with Gasteiger partial charge in [0.25, 0.3) is 0 Å². The number of hydrogen-bond acceptors (Lipinski definition) is 3. The summed E-state index contributed by atoms with van der Waals surface area (Å²) in [5.74, 6) is 0.133. The molecule has 5 heteroatoms. The molecule has 126 valence electrons. The van der Waals surface area contributed by atoms with Gasteiger partial charge in [-0.05, 0) is 19.4 Å². The highest BCUT2D eigenvalue weighted by atomic mass is 16.2. The van der Waals surface area contributed by atoms with E-state index in [1.807, 2.05) is 35.2 Å². The number of carbonyl (C=O) groups is 2. The fraction of sp³-hybridized carbons (Fsp3) is 0.556. The Balaban J connectivity index is 1.91. The lowest BCUT2D eigenvalue weighted by molar-refractivity contribution is -0.136. The molecule has 2 rings (SSSR count). The Kier molecular flexibility index (Phi) is 6.16. The van der Waals surface area contributed by atoms with Gasteiger partial charge in [0, 0.05) is 51.6 Å². The topological polar surface area (TPSA) is 52.7 Å². The van der Waals surface area contributed by atoms with E-state index in [2.05, 4.69) is 19.2 Å². The average Bonchev–Trinajstić information content (AvgIpc) is 2.54. The van der Waals surface area contributed by atoms with Crippen molar-refractivity contribution in [2.45, 2.75) is 45.8 Å². The molecular weight excluding hydrogens is 290 g/mol. The number of hydrogen-bond donors (Lipinski definition) is 1. The van der Waals surface area contributed by atoms with Gasteiger partial charge in [-0.1, -0.05) is 30.3 Å². The van der Waals surface area contributed by atoms with Gasteiger partial charge in [-0.25, -0.2) is 0 Å². The van der Waals surface area contributed by atoms with Gasteiger partial charge in [-0.2, -0.15) is 0 Å². The Hall–Kier alpha value is -1.88. The van der Waals surface area contributed by atoms with E-state index in [1.54, 1.807) is 11.8 Å². The zero-order valence-corrected chi connectivity index (χ0v) is 14.3. The van der Waals surface area contributed by atoms with Gasteiger partial charge >= 0.3 is 0 Å². The van der Waals surface area contributed by atoms with Gasteiger partial charge in [0.15, 0.2) is 0 Å². The normalized spacial score (nSPS) is 21.1. The molecule has 1 aliphatic heterocycles. The van der Waals surface area contributed by atoms with Crippen LogP contribution >= 0.6 is 0 Å². The zero-order chi connectivity index (χ0) is 16.8. The quantitative estimate of drug-likeness (QED) is 0.898. The molecule has 1 heterocycles. The van der Waals surface area contributed by atoms with Crippen LogP contribution in [0.15, 0.2) is 30.3 Å². The summed E-state index contributed by atoms with van der Waals surface area (Å²) in [4.78, 5) is 28.0. The van der Waals surface area contributed by atoms with Crippen molar-refractivity contribution in [3.8, 4) is 0 Å². The summed E-state index contributed by atoms with van der Waals surface area (Å²) in [5.41, 5.74) is 1.08. The number of piperazine rings is 1. The van der Waals surface area contributed by atoms with Crippen LogP contribution in [0.25, 0.3) is 0 Å². The molecule has 1 aromatic carbocycles. The van der Waals surface area contributed by atoms with Crippen molar-refractivity contribution in [1.29, 1.82) is 0 Å². The summed E-state index contributed by atoms with van der Waals surface area (Å²) in [6, 6.07) is 10.4. The van der Waals surface area contributed by atoms with Crippen molar-refractivity contribution in [2.75, 3.05) is 19.6 Å². The predicted molar refractivity (Wildman–Crippen MR) is 90.8 cm³/mol. The molecular formula is C18H27N3O2. The van der Waals surface area contributed by atoms with Crippen LogP contribution < -0.4 is 5.32 Å². The molecule has 1 fully saturated rings. The van der Waals surface area contributed by atoms with Gasteiger partial charge in [0.2, 0.25) is 11.8 Å². The van der Waals surface area contributed by atoms with E-state index in [4.69, 9.17) is 0 Å². The Morgan fingerprint density at radius 2 is 1.96 bits per heavy atom. The summed E-state index contributed by atoms with van der Waals surface area (Å²) in [7, 11) is 0. The third-order valence-electron chi connectivity index (χ3n) is 4.61. The largest absolute Gasteiger partial charge is 0.338 e. The fourth-order valence-electron chi connectivity index (χ4n) is 2.93. The summed E-state index contributed by atoms with van der Waals surface area (Å²) in [5, 5.41) is 3.37. The molecule has 0 radical (unpaired) electrons. The lowest BCUT2D eigenvalue weighted by Crippen LogP contribution is -2.57. The highest BCUT2D eigenvalue weighted by molar-refractivity contribution is 5.78. The fourth-order valence-corrected chi connectivity index (χ4v) is 2.93. The highest BCUT2D eigenvalue weighted by Gasteiger charge is 2.28. The molecule has 2 atom stereocenters. The number of nitrogens with one attached hydrogen (secondary N) is 1. The monoisotopic (exact) mass is 317 g/mol. The van der Waals surface area contributed by atoms with Crippen LogP contribution in [0.5, 0.6) is 0 Å². The van der Waals surface area contributed by atoms with Crippen LogP contribution in [0.2, 0.25) is 0 Å². The van der Waals surface area contributed by atoms with E-state index in [9.17, 15) is 9.59 Å². The van der Waals surface area contributed by atoms with Crippen molar-refractivity contribution in [3.63, 3.8) is 0 Å². The number of benzene rings is 1. The molecule has 0 saturated carbocycles. The van der Waals surface area contributed by atoms with Crippen LogP contribution in [0.3, 0.4) is 0 Å². The predicted octanol–water partition coefficient (Wildman–Crippen LogP) is 1.63. The maximum Gasteiger partial charge on any atom is 0.224 e. The maximum absolute atomic E-state index is 12.5. The van der Waals surface area contributed by atoms with Gasteiger partial charge in [-0.15, -0.1) is 0 Å².